The summed E-state index contributed by atoms with van der Waals surface area (Å²) < 4.78 is 0. The number of aromatic nitrogens is 1. The van der Waals surface area contributed by atoms with Crippen molar-refractivity contribution in [2.45, 2.75) is 0 Å². The predicted octanol–water partition coefficient (Wildman–Crippen LogP) is -0.490. The minimum Gasteiger partial charge on any atom is -0.478 e. The van der Waals surface area contributed by atoms with E-state index >= 15 is 0 Å². The fraction of sp³-hybridized carbons (Fsp3) is 0. The van der Waals surface area contributed by atoms with Gasteiger partial charge in [-0.15, -0.1) is 0 Å². The van der Waals surface area contributed by atoms with Gasteiger partial charge in [-0.1, -0.05) is 0 Å². The summed E-state index contributed by atoms with van der Waals surface area (Å²) in [5.74, 6) is -3.82. The number of aromatic amines is 1. The molecule has 0 saturated carbocycles. The molecule has 0 aliphatic heterocycles. The van der Waals surface area contributed by atoms with Crippen LogP contribution in [0.15, 0.2) is 6.07 Å². The van der Waals surface area contributed by atoms with E-state index in [-0.39, 0.29) is 5.69 Å². The van der Waals surface area contributed by atoms with E-state index in [0.29, 0.717) is 0 Å². The Morgan fingerprint density at radius 3 is 2.07 bits per heavy atom. The summed E-state index contributed by atoms with van der Waals surface area (Å²) in [6, 6.07) is 0.883. The molecule has 0 spiro atoms. The largest absolute Gasteiger partial charge is 0.478 e. The number of nitrogens with two attached hydrogens (primary N) is 1. The molecule has 14 heavy (non-hydrogen) atoms. The van der Waals surface area contributed by atoms with Gasteiger partial charge in [0, 0.05) is 0 Å². The van der Waals surface area contributed by atoms with E-state index in [9.17, 15) is 14.4 Å². The van der Waals surface area contributed by atoms with Crippen LogP contribution >= 0.6 is 0 Å². The lowest BCUT2D eigenvalue weighted by Crippen LogP contribution is -2.11. The van der Waals surface area contributed by atoms with E-state index in [2.05, 4.69) is 4.98 Å². The molecule has 0 fully saturated rings. The van der Waals surface area contributed by atoms with Crippen LogP contribution in [-0.2, 0) is 0 Å². The van der Waals surface area contributed by atoms with E-state index in [1.54, 1.807) is 0 Å². The molecule has 5 N–H and O–H groups in total. The highest BCUT2D eigenvalue weighted by Crippen LogP contribution is 2.10. The van der Waals surface area contributed by atoms with Gasteiger partial charge in [-0.05, 0) is 6.07 Å². The van der Waals surface area contributed by atoms with Crippen molar-refractivity contribution in [1.82, 2.24) is 4.98 Å². The molecule has 0 atom stereocenters. The van der Waals surface area contributed by atoms with Crippen molar-refractivity contribution >= 4 is 17.8 Å². The van der Waals surface area contributed by atoms with Crippen molar-refractivity contribution in [1.29, 1.82) is 0 Å². The summed E-state index contributed by atoms with van der Waals surface area (Å²) in [7, 11) is 0. The van der Waals surface area contributed by atoms with Crippen molar-refractivity contribution < 1.29 is 24.6 Å². The molecule has 1 aromatic rings. The number of carboxylic acid groups (broad SMARTS) is 2. The first-order valence-electron chi connectivity index (χ1n) is 3.43. The standard InChI is InChI=1S/C7H6N2O5/c8-5(10)3-1-2(6(11)12)4(9-3)7(13)14/h1,9H,(H2,8,10)(H,11,12)(H,13,14). The highest BCUT2D eigenvalue weighted by Gasteiger charge is 2.21. The Hall–Kier alpha value is -2.31. The van der Waals surface area contributed by atoms with Crippen LogP contribution < -0.4 is 5.73 Å². The lowest BCUT2D eigenvalue weighted by Gasteiger charge is -1.90. The zero-order valence-corrected chi connectivity index (χ0v) is 6.77. The van der Waals surface area contributed by atoms with Gasteiger partial charge in [0.05, 0.1) is 5.56 Å². The number of primary amides is 1. The van der Waals surface area contributed by atoms with Gasteiger partial charge in [-0.25, -0.2) is 9.59 Å². The summed E-state index contributed by atoms with van der Waals surface area (Å²) in [5, 5.41) is 17.1. The van der Waals surface area contributed by atoms with E-state index in [1.807, 2.05) is 0 Å². The Bertz CT molecular complexity index is 388. The number of H-pyrrole nitrogens is 1. The van der Waals surface area contributed by atoms with Gasteiger partial charge in [0.15, 0.2) is 0 Å². The number of carboxylic acids is 2. The van der Waals surface area contributed by atoms with Crippen LogP contribution in [-0.4, -0.2) is 33.0 Å². The summed E-state index contributed by atoms with van der Waals surface area (Å²) in [6.45, 7) is 0. The van der Waals surface area contributed by atoms with E-state index in [0.717, 1.165) is 6.07 Å². The zero-order valence-electron chi connectivity index (χ0n) is 6.77. The summed E-state index contributed by atoms with van der Waals surface area (Å²) >= 11 is 0. The van der Waals surface area contributed by atoms with Crippen molar-refractivity contribution in [2.75, 3.05) is 0 Å². The number of nitrogens with one attached hydrogen (secondary N) is 1. The summed E-state index contributed by atoms with van der Waals surface area (Å²) in [5.41, 5.74) is 3.53. The first-order chi connectivity index (χ1) is 6.43. The van der Waals surface area contributed by atoms with E-state index in [4.69, 9.17) is 15.9 Å². The molecule has 1 amide bonds. The Morgan fingerprint density at radius 2 is 1.79 bits per heavy atom. The second-order valence-corrected chi connectivity index (χ2v) is 2.45. The number of carbonyl (C=O) groups is 3. The predicted molar refractivity (Wildman–Crippen MR) is 43.2 cm³/mol. The number of hydrogen-bond donors (Lipinski definition) is 4. The minimum absolute atomic E-state index is 0.250. The number of carbonyl (C=O) groups excluding carboxylic acids is 1. The maximum Gasteiger partial charge on any atom is 0.353 e. The molecule has 0 saturated heterocycles. The number of aromatic carboxylic acids is 2. The van der Waals surface area contributed by atoms with Crippen LogP contribution in [0, 0.1) is 0 Å². The Kier molecular flexibility index (Phi) is 2.24. The lowest BCUT2D eigenvalue weighted by atomic mass is 10.2. The fourth-order valence-electron chi connectivity index (χ4n) is 0.925. The highest BCUT2D eigenvalue weighted by atomic mass is 16.4. The van der Waals surface area contributed by atoms with Crippen LogP contribution in [0.4, 0.5) is 0 Å². The molecule has 0 aromatic carbocycles. The van der Waals surface area contributed by atoms with Gasteiger partial charge < -0.3 is 20.9 Å². The van der Waals surface area contributed by atoms with Crippen LogP contribution in [0.3, 0.4) is 0 Å². The SMILES string of the molecule is NC(=O)c1cc(C(=O)O)c(C(=O)O)[nH]1. The van der Waals surface area contributed by atoms with Gasteiger partial charge in [0.25, 0.3) is 5.91 Å². The van der Waals surface area contributed by atoms with E-state index < -0.39 is 29.1 Å². The third-order valence-corrected chi connectivity index (χ3v) is 1.53. The van der Waals surface area contributed by atoms with Crippen LogP contribution in [0.1, 0.15) is 31.3 Å². The van der Waals surface area contributed by atoms with Gasteiger partial charge in [0.1, 0.15) is 11.4 Å². The lowest BCUT2D eigenvalue weighted by molar-refractivity contribution is 0.0648. The highest BCUT2D eigenvalue weighted by molar-refractivity contribution is 6.04. The third-order valence-electron chi connectivity index (χ3n) is 1.53. The van der Waals surface area contributed by atoms with Crippen molar-refractivity contribution in [3.63, 3.8) is 0 Å². The molecule has 0 aliphatic rings. The maximum absolute atomic E-state index is 10.6. The Balaban J connectivity index is 3.33. The van der Waals surface area contributed by atoms with Crippen LogP contribution in [0.25, 0.3) is 0 Å². The molecule has 1 rings (SSSR count). The monoisotopic (exact) mass is 198 g/mol. The van der Waals surface area contributed by atoms with Crippen molar-refractivity contribution in [3.05, 3.63) is 23.0 Å². The quantitative estimate of drug-likeness (QED) is 0.519. The van der Waals surface area contributed by atoms with Crippen LogP contribution in [0.5, 0.6) is 0 Å². The molecule has 0 radical (unpaired) electrons. The molecule has 7 nitrogen and oxygen atoms in total. The second kappa shape index (κ2) is 3.21. The molecule has 1 aromatic heterocycles. The molecule has 1 heterocycles. The van der Waals surface area contributed by atoms with Crippen molar-refractivity contribution in [2.24, 2.45) is 5.73 Å². The first-order valence-corrected chi connectivity index (χ1v) is 3.43. The molecule has 0 bridgehead atoms. The number of amides is 1. The molecule has 0 unspecified atom stereocenters. The normalized spacial score (nSPS) is 9.71. The molecular weight excluding hydrogens is 192 g/mol. The first kappa shape index (κ1) is 9.78. The second-order valence-electron chi connectivity index (χ2n) is 2.45. The van der Waals surface area contributed by atoms with Gasteiger partial charge in [0.2, 0.25) is 0 Å². The fourth-order valence-corrected chi connectivity index (χ4v) is 0.925. The van der Waals surface area contributed by atoms with Crippen LogP contribution in [0.2, 0.25) is 0 Å². The van der Waals surface area contributed by atoms with Gasteiger partial charge in [-0.2, -0.15) is 0 Å². The maximum atomic E-state index is 10.6. The molecule has 74 valence electrons. The third kappa shape index (κ3) is 1.56. The van der Waals surface area contributed by atoms with Gasteiger partial charge in [-0.3, -0.25) is 4.79 Å². The Morgan fingerprint density at radius 1 is 1.21 bits per heavy atom. The molecule has 0 aliphatic carbocycles. The molecular formula is C7H6N2O5. The minimum atomic E-state index is -1.46. The molecule has 7 heteroatoms. The van der Waals surface area contributed by atoms with E-state index in [1.165, 1.54) is 0 Å². The summed E-state index contributed by atoms with van der Waals surface area (Å²) in [6.07, 6.45) is 0. The topological polar surface area (TPSA) is 133 Å². The number of rotatable bonds is 3. The van der Waals surface area contributed by atoms with Gasteiger partial charge >= 0.3 is 11.9 Å². The van der Waals surface area contributed by atoms with Crippen molar-refractivity contribution in [3.8, 4) is 0 Å². The smallest absolute Gasteiger partial charge is 0.353 e. The average molecular weight is 198 g/mol. The summed E-state index contributed by atoms with van der Waals surface area (Å²) in [4.78, 5) is 33.8. The Labute approximate surface area is 77.1 Å². The number of hydrogen-bond acceptors (Lipinski definition) is 3. The zero-order chi connectivity index (χ0) is 10.9. The average Bonchev–Trinajstić information content (AvgIpc) is 2.47.